The standard InChI is InChI=1S/C19H36N4O/c1-2-20-18(22-14-9-17(24)15-22)21-16-19(10-5-3-6-11-19)23-12-7-4-8-13-23/h17,24H,2-16H2,1H3,(H,20,21)/t17-/m1/s1. The van der Waals surface area contributed by atoms with Crippen LogP contribution in [0.25, 0.3) is 0 Å². The number of β-amino-alcohol motifs (C(OH)–C–C–N with tert-alkyl or cyclic N) is 1. The highest BCUT2D eigenvalue weighted by Crippen LogP contribution is 2.36. The Bertz CT molecular complexity index is 414. The van der Waals surface area contributed by atoms with E-state index in [0.29, 0.717) is 0 Å². The first kappa shape index (κ1) is 18.0. The molecule has 0 unspecified atom stereocenters. The van der Waals surface area contributed by atoms with Gasteiger partial charge in [0.15, 0.2) is 5.96 Å². The van der Waals surface area contributed by atoms with Gasteiger partial charge in [-0.15, -0.1) is 0 Å². The summed E-state index contributed by atoms with van der Waals surface area (Å²) in [6.45, 7) is 8.10. The Hall–Kier alpha value is -0.810. The lowest BCUT2D eigenvalue weighted by Crippen LogP contribution is -2.54. The predicted octanol–water partition coefficient (Wildman–Crippen LogP) is 2.21. The van der Waals surface area contributed by atoms with E-state index >= 15 is 0 Å². The van der Waals surface area contributed by atoms with Crippen molar-refractivity contribution in [3.63, 3.8) is 0 Å². The Balaban J connectivity index is 1.72. The number of nitrogens with zero attached hydrogens (tertiary/aromatic N) is 3. The number of nitrogens with one attached hydrogen (secondary N) is 1. The second-order valence-electron chi connectivity index (χ2n) is 7.89. The molecular weight excluding hydrogens is 300 g/mol. The quantitative estimate of drug-likeness (QED) is 0.610. The maximum absolute atomic E-state index is 9.86. The summed E-state index contributed by atoms with van der Waals surface area (Å²) in [6, 6.07) is 0. The number of piperidine rings is 1. The van der Waals surface area contributed by atoms with Crippen molar-refractivity contribution in [3.8, 4) is 0 Å². The molecule has 5 heteroatoms. The summed E-state index contributed by atoms with van der Waals surface area (Å²) in [5.74, 6) is 1.01. The lowest BCUT2D eigenvalue weighted by molar-refractivity contribution is 0.0405. The van der Waals surface area contributed by atoms with Gasteiger partial charge >= 0.3 is 0 Å². The Kier molecular flexibility index (Phi) is 6.39. The highest BCUT2D eigenvalue weighted by atomic mass is 16.3. The van der Waals surface area contributed by atoms with E-state index in [1.54, 1.807) is 0 Å². The Labute approximate surface area is 147 Å². The minimum atomic E-state index is -0.195. The summed E-state index contributed by atoms with van der Waals surface area (Å²) in [4.78, 5) is 10.1. The molecule has 24 heavy (non-hydrogen) atoms. The van der Waals surface area contributed by atoms with E-state index in [-0.39, 0.29) is 11.6 Å². The minimum absolute atomic E-state index is 0.195. The van der Waals surface area contributed by atoms with Crippen LogP contribution < -0.4 is 5.32 Å². The average molecular weight is 337 g/mol. The van der Waals surface area contributed by atoms with Crippen LogP contribution in [0.3, 0.4) is 0 Å². The fourth-order valence-electron chi connectivity index (χ4n) is 4.73. The third kappa shape index (κ3) is 4.23. The molecule has 0 aromatic carbocycles. The smallest absolute Gasteiger partial charge is 0.194 e. The fraction of sp³-hybridized carbons (Fsp3) is 0.947. The van der Waals surface area contributed by atoms with Gasteiger partial charge in [-0.2, -0.15) is 0 Å². The number of rotatable bonds is 4. The van der Waals surface area contributed by atoms with Crippen LogP contribution >= 0.6 is 0 Å². The van der Waals surface area contributed by atoms with Gasteiger partial charge in [-0.3, -0.25) is 9.89 Å². The Morgan fingerprint density at radius 1 is 1.08 bits per heavy atom. The maximum Gasteiger partial charge on any atom is 0.194 e. The van der Waals surface area contributed by atoms with Gasteiger partial charge in [0, 0.05) is 25.2 Å². The summed E-state index contributed by atoms with van der Waals surface area (Å²) in [6.07, 6.45) is 11.5. The molecule has 2 saturated heterocycles. The summed E-state index contributed by atoms with van der Waals surface area (Å²) in [5, 5.41) is 13.3. The number of hydrogen-bond acceptors (Lipinski definition) is 3. The van der Waals surface area contributed by atoms with Crippen molar-refractivity contribution < 1.29 is 5.11 Å². The number of aliphatic hydroxyl groups is 1. The van der Waals surface area contributed by atoms with Crippen molar-refractivity contribution in [2.45, 2.75) is 76.4 Å². The van der Waals surface area contributed by atoms with Gasteiger partial charge in [-0.25, -0.2) is 0 Å². The highest BCUT2D eigenvalue weighted by molar-refractivity contribution is 5.80. The molecule has 2 heterocycles. The van der Waals surface area contributed by atoms with E-state index in [0.717, 1.165) is 38.6 Å². The molecule has 2 N–H and O–H groups in total. The zero-order valence-electron chi connectivity index (χ0n) is 15.5. The van der Waals surface area contributed by atoms with Crippen LogP contribution in [0.4, 0.5) is 0 Å². The lowest BCUT2D eigenvalue weighted by atomic mass is 9.79. The number of aliphatic hydroxyl groups excluding tert-OH is 1. The number of guanidine groups is 1. The van der Waals surface area contributed by atoms with Crippen molar-refractivity contribution in [2.75, 3.05) is 39.3 Å². The van der Waals surface area contributed by atoms with Gasteiger partial charge in [0.2, 0.25) is 0 Å². The Morgan fingerprint density at radius 3 is 2.42 bits per heavy atom. The van der Waals surface area contributed by atoms with Gasteiger partial charge in [0.25, 0.3) is 0 Å². The zero-order valence-corrected chi connectivity index (χ0v) is 15.5. The molecule has 2 aliphatic heterocycles. The normalized spacial score (nSPS) is 29.0. The molecule has 0 spiro atoms. The van der Waals surface area contributed by atoms with Crippen LogP contribution in [0.2, 0.25) is 0 Å². The molecule has 0 amide bonds. The number of hydrogen-bond donors (Lipinski definition) is 2. The summed E-state index contributed by atoms with van der Waals surface area (Å²) < 4.78 is 0. The van der Waals surface area contributed by atoms with Gasteiger partial charge in [0.05, 0.1) is 12.6 Å². The van der Waals surface area contributed by atoms with E-state index in [4.69, 9.17) is 4.99 Å². The number of aliphatic imine (C=N–C) groups is 1. The van der Waals surface area contributed by atoms with Crippen LogP contribution in [0.15, 0.2) is 4.99 Å². The van der Waals surface area contributed by atoms with Crippen LogP contribution in [0.1, 0.15) is 64.7 Å². The molecule has 0 bridgehead atoms. The van der Waals surface area contributed by atoms with Gasteiger partial charge in [0.1, 0.15) is 0 Å². The third-order valence-corrected chi connectivity index (χ3v) is 6.13. The number of likely N-dealkylation sites (tertiary alicyclic amines) is 2. The van der Waals surface area contributed by atoms with Gasteiger partial charge < -0.3 is 15.3 Å². The molecule has 0 aromatic heterocycles. The van der Waals surface area contributed by atoms with Crippen molar-refractivity contribution in [1.82, 2.24) is 15.1 Å². The summed E-state index contributed by atoms with van der Waals surface area (Å²) >= 11 is 0. The van der Waals surface area contributed by atoms with Crippen LogP contribution in [0, 0.1) is 0 Å². The van der Waals surface area contributed by atoms with Gasteiger partial charge in [-0.1, -0.05) is 25.7 Å². The lowest BCUT2D eigenvalue weighted by Gasteiger charge is -2.47. The molecule has 1 atom stereocenters. The highest BCUT2D eigenvalue weighted by Gasteiger charge is 2.38. The van der Waals surface area contributed by atoms with Crippen LogP contribution in [0.5, 0.6) is 0 Å². The molecule has 1 saturated carbocycles. The van der Waals surface area contributed by atoms with Crippen molar-refractivity contribution in [2.24, 2.45) is 4.99 Å². The first-order valence-corrected chi connectivity index (χ1v) is 10.2. The first-order chi connectivity index (χ1) is 11.7. The first-order valence-electron chi connectivity index (χ1n) is 10.2. The fourth-order valence-corrected chi connectivity index (χ4v) is 4.73. The van der Waals surface area contributed by atoms with E-state index in [9.17, 15) is 5.11 Å². The molecule has 138 valence electrons. The second kappa shape index (κ2) is 8.52. The average Bonchev–Trinajstić information content (AvgIpc) is 3.06. The van der Waals surface area contributed by atoms with Crippen LogP contribution in [-0.2, 0) is 0 Å². The Morgan fingerprint density at radius 2 is 1.79 bits per heavy atom. The van der Waals surface area contributed by atoms with Crippen molar-refractivity contribution in [3.05, 3.63) is 0 Å². The van der Waals surface area contributed by atoms with E-state index in [1.807, 2.05) is 0 Å². The van der Waals surface area contributed by atoms with Crippen LogP contribution in [-0.4, -0.2) is 71.8 Å². The van der Waals surface area contributed by atoms with Crippen molar-refractivity contribution in [1.29, 1.82) is 0 Å². The predicted molar refractivity (Wildman–Crippen MR) is 99.4 cm³/mol. The SMILES string of the molecule is CCNC(=NCC1(N2CCCCC2)CCCCC1)N1CC[C@@H](O)C1. The molecule has 0 radical (unpaired) electrons. The summed E-state index contributed by atoms with van der Waals surface area (Å²) in [7, 11) is 0. The van der Waals surface area contributed by atoms with E-state index in [2.05, 4.69) is 22.0 Å². The molecule has 1 aliphatic carbocycles. The molecule has 0 aromatic rings. The van der Waals surface area contributed by atoms with E-state index in [1.165, 1.54) is 64.5 Å². The molecular formula is C19H36N4O. The largest absolute Gasteiger partial charge is 0.391 e. The maximum atomic E-state index is 9.86. The third-order valence-electron chi connectivity index (χ3n) is 6.13. The van der Waals surface area contributed by atoms with E-state index < -0.39 is 0 Å². The molecule has 3 aliphatic rings. The molecule has 3 rings (SSSR count). The summed E-state index contributed by atoms with van der Waals surface area (Å²) in [5.41, 5.74) is 0.289. The second-order valence-corrected chi connectivity index (χ2v) is 7.89. The molecule has 5 nitrogen and oxygen atoms in total. The monoisotopic (exact) mass is 336 g/mol. The topological polar surface area (TPSA) is 51.1 Å². The zero-order chi connectivity index (χ0) is 16.8. The van der Waals surface area contributed by atoms with Crippen molar-refractivity contribution >= 4 is 5.96 Å². The minimum Gasteiger partial charge on any atom is -0.391 e. The molecule has 3 fully saturated rings. The van der Waals surface area contributed by atoms with Gasteiger partial charge in [-0.05, 0) is 52.1 Å².